The van der Waals surface area contributed by atoms with Crippen LogP contribution in [0, 0.1) is 17.0 Å². The number of anilines is 1. The van der Waals surface area contributed by atoms with Crippen LogP contribution in [0.25, 0.3) is 0 Å². The highest BCUT2D eigenvalue weighted by Gasteiger charge is 2.18. The highest BCUT2D eigenvalue weighted by molar-refractivity contribution is 5.96. The summed E-state index contributed by atoms with van der Waals surface area (Å²) in [7, 11) is 0. The second-order valence-corrected chi connectivity index (χ2v) is 5.45. The van der Waals surface area contributed by atoms with Gasteiger partial charge in [-0.15, -0.1) is 0 Å². The molecule has 134 valence electrons. The average molecular weight is 358 g/mol. The molecule has 0 saturated heterocycles. The molecule has 2 aromatic rings. The number of ether oxygens (including phenoxy) is 3. The lowest BCUT2D eigenvalue weighted by Crippen LogP contribution is -2.21. The van der Waals surface area contributed by atoms with Gasteiger partial charge >= 0.3 is 5.97 Å². The van der Waals surface area contributed by atoms with Gasteiger partial charge in [0.1, 0.15) is 0 Å². The molecule has 9 heteroatoms. The number of esters is 1. The van der Waals surface area contributed by atoms with E-state index in [9.17, 15) is 19.7 Å². The van der Waals surface area contributed by atoms with Gasteiger partial charge in [-0.2, -0.15) is 0 Å². The molecule has 9 nitrogen and oxygen atoms in total. The van der Waals surface area contributed by atoms with E-state index in [1.165, 1.54) is 30.3 Å². The molecule has 1 aliphatic heterocycles. The van der Waals surface area contributed by atoms with E-state index in [0.717, 1.165) is 0 Å². The maximum Gasteiger partial charge on any atom is 0.338 e. The summed E-state index contributed by atoms with van der Waals surface area (Å²) in [6, 6.07) is 8.64. The number of carbonyl (C=O) groups is 2. The molecule has 0 radical (unpaired) electrons. The summed E-state index contributed by atoms with van der Waals surface area (Å²) in [5.74, 6) is -0.353. The van der Waals surface area contributed by atoms with E-state index in [1.54, 1.807) is 13.0 Å². The second-order valence-electron chi connectivity index (χ2n) is 5.45. The number of hydrogen-bond donors (Lipinski definition) is 1. The Labute approximate surface area is 147 Å². The fourth-order valence-electron chi connectivity index (χ4n) is 2.28. The highest BCUT2D eigenvalue weighted by atomic mass is 16.7. The minimum atomic E-state index is -0.700. The molecule has 0 aromatic heterocycles. The van der Waals surface area contributed by atoms with Crippen molar-refractivity contribution in [2.24, 2.45) is 0 Å². The zero-order valence-electron chi connectivity index (χ0n) is 13.7. The fourth-order valence-corrected chi connectivity index (χ4v) is 2.28. The molecular formula is C17H14N2O7. The molecule has 3 rings (SSSR count). The summed E-state index contributed by atoms with van der Waals surface area (Å²) in [6.45, 7) is 1.24. The highest BCUT2D eigenvalue weighted by Crippen LogP contribution is 2.32. The molecular weight excluding hydrogens is 344 g/mol. The molecule has 0 unspecified atom stereocenters. The van der Waals surface area contributed by atoms with Crippen molar-refractivity contribution in [1.82, 2.24) is 0 Å². The lowest BCUT2D eigenvalue weighted by Gasteiger charge is -2.09. The van der Waals surface area contributed by atoms with E-state index in [0.29, 0.717) is 17.1 Å². The SMILES string of the molecule is Cc1ccc([N+](=O)[O-])cc1NC(=O)COC(=O)c1ccc2c(c1)OCO2. The van der Waals surface area contributed by atoms with Crippen molar-refractivity contribution in [3.63, 3.8) is 0 Å². The van der Waals surface area contributed by atoms with Crippen molar-refractivity contribution in [3.05, 3.63) is 57.6 Å². The summed E-state index contributed by atoms with van der Waals surface area (Å²) in [5, 5.41) is 13.3. The number of carbonyl (C=O) groups excluding carboxylic acids is 2. The minimum absolute atomic E-state index is 0.0821. The first-order chi connectivity index (χ1) is 12.4. The van der Waals surface area contributed by atoms with Gasteiger partial charge in [0.15, 0.2) is 18.1 Å². The summed E-state index contributed by atoms with van der Waals surface area (Å²) < 4.78 is 15.3. The van der Waals surface area contributed by atoms with Crippen LogP contribution < -0.4 is 14.8 Å². The topological polar surface area (TPSA) is 117 Å². The van der Waals surface area contributed by atoms with Crippen molar-refractivity contribution < 1.29 is 28.7 Å². The third-order valence-corrected chi connectivity index (χ3v) is 3.65. The van der Waals surface area contributed by atoms with Crippen LogP contribution in [0.4, 0.5) is 11.4 Å². The van der Waals surface area contributed by atoms with Crippen LogP contribution in [0.3, 0.4) is 0 Å². The zero-order chi connectivity index (χ0) is 18.7. The Morgan fingerprint density at radius 1 is 1.19 bits per heavy atom. The molecule has 1 heterocycles. The number of nitro benzene ring substituents is 1. The van der Waals surface area contributed by atoms with Crippen molar-refractivity contribution in [3.8, 4) is 11.5 Å². The van der Waals surface area contributed by atoms with Gasteiger partial charge in [0, 0.05) is 12.1 Å². The first-order valence-corrected chi connectivity index (χ1v) is 7.56. The van der Waals surface area contributed by atoms with Crippen LogP contribution >= 0.6 is 0 Å². The van der Waals surface area contributed by atoms with Gasteiger partial charge in [0.25, 0.3) is 11.6 Å². The molecule has 2 aromatic carbocycles. The lowest BCUT2D eigenvalue weighted by molar-refractivity contribution is -0.384. The van der Waals surface area contributed by atoms with Crippen molar-refractivity contribution >= 4 is 23.3 Å². The van der Waals surface area contributed by atoms with Gasteiger partial charge in [0.2, 0.25) is 6.79 Å². The predicted molar refractivity (Wildman–Crippen MR) is 89.3 cm³/mol. The number of hydrogen-bond acceptors (Lipinski definition) is 7. The van der Waals surface area contributed by atoms with E-state index in [-0.39, 0.29) is 23.7 Å². The molecule has 0 aliphatic carbocycles. The predicted octanol–water partition coefficient (Wildman–Crippen LogP) is 2.43. The lowest BCUT2D eigenvalue weighted by atomic mass is 10.2. The Morgan fingerprint density at radius 2 is 1.96 bits per heavy atom. The molecule has 1 aliphatic rings. The Bertz CT molecular complexity index is 895. The number of fused-ring (bicyclic) bond motifs is 1. The normalized spacial score (nSPS) is 11.7. The molecule has 0 atom stereocenters. The van der Waals surface area contributed by atoms with Crippen molar-refractivity contribution in [2.75, 3.05) is 18.7 Å². The minimum Gasteiger partial charge on any atom is -0.454 e. The number of non-ortho nitro benzene ring substituents is 1. The molecule has 1 N–H and O–H groups in total. The van der Waals surface area contributed by atoms with Crippen molar-refractivity contribution in [2.45, 2.75) is 6.92 Å². The second kappa shape index (κ2) is 7.09. The molecule has 26 heavy (non-hydrogen) atoms. The third-order valence-electron chi connectivity index (χ3n) is 3.65. The van der Waals surface area contributed by atoms with Gasteiger partial charge < -0.3 is 19.5 Å². The van der Waals surface area contributed by atoms with E-state index >= 15 is 0 Å². The van der Waals surface area contributed by atoms with E-state index < -0.39 is 23.4 Å². The number of aryl methyl sites for hydroxylation is 1. The van der Waals surface area contributed by atoms with E-state index in [4.69, 9.17) is 14.2 Å². The monoisotopic (exact) mass is 358 g/mol. The van der Waals surface area contributed by atoms with Gasteiger partial charge in [-0.25, -0.2) is 4.79 Å². The van der Waals surface area contributed by atoms with Crippen LogP contribution in [0.1, 0.15) is 15.9 Å². The first-order valence-electron chi connectivity index (χ1n) is 7.56. The van der Waals surface area contributed by atoms with E-state index in [1.807, 2.05) is 0 Å². The third kappa shape index (κ3) is 3.72. The number of benzene rings is 2. The fraction of sp³-hybridized carbons (Fsp3) is 0.176. The van der Waals surface area contributed by atoms with Crippen LogP contribution in [0.2, 0.25) is 0 Å². The van der Waals surface area contributed by atoms with Crippen molar-refractivity contribution in [1.29, 1.82) is 0 Å². The Balaban J connectivity index is 1.60. The van der Waals surface area contributed by atoms with Gasteiger partial charge in [-0.1, -0.05) is 6.07 Å². The number of amides is 1. The molecule has 0 saturated carbocycles. The van der Waals surface area contributed by atoms with Gasteiger partial charge in [-0.05, 0) is 30.7 Å². The number of nitro groups is 1. The largest absolute Gasteiger partial charge is 0.454 e. The number of nitrogens with zero attached hydrogens (tertiary/aromatic N) is 1. The van der Waals surface area contributed by atoms with Gasteiger partial charge in [-0.3, -0.25) is 14.9 Å². The van der Waals surface area contributed by atoms with Crippen LogP contribution in [0.15, 0.2) is 36.4 Å². The maximum absolute atomic E-state index is 12.0. The molecule has 1 amide bonds. The standard InChI is InChI=1S/C17H14N2O7/c1-10-2-4-12(19(22)23)7-13(10)18-16(20)8-24-17(21)11-3-5-14-15(6-11)26-9-25-14/h2-7H,8-9H2,1H3,(H,18,20). The summed E-state index contributed by atoms with van der Waals surface area (Å²) in [6.07, 6.45) is 0. The maximum atomic E-state index is 12.0. The summed E-state index contributed by atoms with van der Waals surface area (Å²) >= 11 is 0. The smallest absolute Gasteiger partial charge is 0.338 e. The van der Waals surface area contributed by atoms with Gasteiger partial charge in [0.05, 0.1) is 16.2 Å². The number of nitrogens with one attached hydrogen (secondary N) is 1. The summed E-state index contributed by atoms with van der Waals surface area (Å²) in [4.78, 5) is 34.2. The number of rotatable bonds is 5. The first kappa shape index (κ1) is 17.2. The average Bonchev–Trinajstić information content (AvgIpc) is 3.09. The Hall–Kier alpha value is -3.62. The van der Waals surface area contributed by atoms with Crippen LogP contribution in [-0.4, -0.2) is 30.2 Å². The summed E-state index contributed by atoms with van der Waals surface area (Å²) in [5.41, 5.74) is 0.992. The Kier molecular flexibility index (Phi) is 4.70. The zero-order valence-corrected chi connectivity index (χ0v) is 13.7. The van der Waals surface area contributed by atoms with E-state index in [2.05, 4.69) is 5.32 Å². The molecule has 0 spiro atoms. The Morgan fingerprint density at radius 3 is 2.73 bits per heavy atom. The molecule has 0 bridgehead atoms. The van der Waals surface area contributed by atoms with Crippen LogP contribution in [0.5, 0.6) is 11.5 Å². The quantitative estimate of drug-likeness (QED) is 0.495. The molecule has 0 fully saturated rings. The van der Waals surface area contributed by atoms with Crippen LogP contribution in [-0.2, 0) is 9.53 Å².